The maximum atomic E-state index is 11.9. The molecule has 0 radical (unpaired) electrons. The van der Waals surface area contributed by atoms with Crippen molar-refractivity contribution < 1.29 is 15.1 Å². The summed E-state index contributed by atoms with van der Waals surface area (Å²) in [7, 11) is 0. The lowest BCUT2D eigenvalue weighted by atomic mass is 9.96. The monoisotopic (exact) mass is 472 g/mol. The number of anilines is 1. The van der Waals surface area contributed by atoms with Gasteiger partial charge in [-0.15, -0.1) is 22.7 Å². The standard InChI is InChI=1S/C20H13BrN2O3S2/c21-18-8-7-17(28-18)16-10-27-19(22-16)11-5-6-12(14(9-11)20(24)25)13-3-1-2-4-15(13)23-26/h1-10,23,26H,(H,24,25). The van der Waals surface area contributed by atoms with Crippen molar-refractivity contribution in [3.63, 3.8) is 0 Å². The summed E-state index contributed by atoms with van der Waals surface area (Å²) >= 11 is 6.52. The van der Waals surface area contributed by atoms with Crippen molar-refractivity contribution in [2.24, 2.45) is 0 Å². The molecule has 0 amide bonds. The molecule has 4 rings (SSSR count). The highest BCUT2D eigenvalue weighted by Gasteiger charge is 2.17. The molecular weight excluding hydrogens is 460 g/mol. The molecule has 0 aliphatic carbocycles. The first kappa shape index (κ1) is 18.8. The minimum atomic E-state index is -1.04. The number of nitrogens with zero attached hydrogens (tertiary/aromatic N) is 1. The Morgan fingerprint density at radius 1 is 1.07 bits per heavy atom. The molecular formula is C20H13BrN2O3S2. The van der Waals surface area contributed by atoms with Crippen LogP contribution in [0.5, 0.6) is 0 Å². The number of aromatic nitrogens is 1. The average molecular weight is 473 g/mol. The third-order valence-corrected chi connectivity index (χ3v) is 6.70. The number of nitrogens with one attached hydrogen (secondary N) is 1. The summed E-state index contributed by atoms with van der Waals surface area (Å²) in [6.45, 7) is 0. The molecule has 0 unspecified atom stereocenters. The maximum Gasteiger partial charge on any atom is 0.336 e. The molecule has 28 heavy (non-hydrogen) atoms. The number of halogens is 1. The quantitative estimate of drug-likeness (QED) is 0.290. The fraction of sp³-hybridized carbons (Fsp3) is 0. The van der Waals surface area contributed by atoms with E-state index in [1.165, 1.54) is 11.3 Å². The van der Waals surface area contributed by atoms with E-state index in [0.717, 1.165) is 24.9 Å². The zero-order valence-electron chi connectivity index (χ0n) is 14.2. The van der Waals surface area contributed by atoms with E-state index in [1.807, 2.05) is 23.6 Å². The van der Waals surface area contributed by atoms with Gasteiger partial charge in [-0.3, -0.25) is 10.7 Å². The van der Waals surface area contributed by atoms with Crippen LogP contribution in [0.3, 0.4) is 0 Å². The number of carboxylic acids is 1. The largest absolute Gasteiger partial charge is 0.478 e. The molecule has 8 heteroatoms. The fourth-order valence-electron chi connectivity index (χ4n) is 2.88. The summed E-state index contributed by atoms with van der Waals surface area (Å²) in [4.78, 5) is 17.6. The predicted molar refractivity (Wildman–Crippen MR) is 116 cm³/mol. The van der Waals surface area contributed by atoms with Crippen LogP contribution in [0.2, 0.25) is 0 Å². The third-order valence-electron chi connectivity index (χ3n) is 4.16. The molecule has 0 bridgehead atoms. The summed E-state index contributed by atoms with van der Waals surface area (Å²) in [6, 6.07) is 16.2. The smallest absolute Gasteiger partial charge is 0.336 e. The zero-order valence-corrected chi connectivity index (χ0v) is 17.4. The van der Waals surface area contributed by atoms with Crippen molar-refractivity contribution in [1.82, 2.24) is 4.98 Å². The van der Waals surface area contributed by atoms with Crippen LogP contribution in [0, 0.1) is 0 Å². The number of benzene rings is 2. The van der Waals surface area contributed by atoms with Crippen molar-refractivity contribution in [2.45, 2.75) is 0 Å². The van der Waals surface area contributed by atoms with E-state index in [4.69, 9.17) is 0 Å². The molecule has 0 saturated heterocycles. The van der Waals surface area contributed by atoms with E-state index in [-0.39, 0.29) is 5.56 Å². The first-order valence-electron chi connectivity index (χ1n) is 8.15. The number of aromatic carboxylic acids is 1. The number of thiophene rings is 1. The van der Waals surface area contributed by atoms with Crippen LogP contribution < -0.4 is 5.48 Å². The molecule has 0 atom stereocenters. The van der Waals surface area contributed by atoms with E-state index in [1.54, 1.807) is 47.7 Å². The van der Waals surface area contributed by atoms with Gasteiger partial charge in [-0.05, 0) is 45.8 Å². The van der Waals surface area contributed by atoms with Crippen molar-refractivity contribution in [3.8, 4) is 32.3 Å². The maximum absolute atomic E-state index is 11.9. The Balaban J connectivity index is 1.77. The normalized spacial score (nSPS) is 10.8. The van der Waals surface area contributed by atoms with Crippen LogP contribution in [0.4, 0.5) is 5.69 Å². The predicted octanol–water partition coefficient (Wildman–Crippen LogP) is 6.47. The third kappa shape index (κ3) is 3.59. The van der Waals surface area contributed by atoms with Gasteiger partial charge in [0.15, 0.2) is 0 Å². The second-order valence-corrected chi connectivity index (χ2v) is 9.19. The molecule has 2 heterocycles. The van der Waals surface area contributed by atoms with Crippen molar-refractivity contribution in [3.05, 3.63) is 69.3 Å². The number of rotatable bonds is 5. The molecule has 0 fully saturated rings. The first-order chi connectivity index (χ1) is 13.6. The lowest BCUT2D eigenvalue weighted by molar-refractivity contribution is 0.0698. The number of para-hydroxylation sites is 1. The van der Waals surface area contributed by atoms with E-state index in [2.05, 4.69) is 26.4 Å². The Morgan fingerprint density at radius 2 is 1.89 bits per heavy atom. The number of hydrogen-bond donors (Lipinski definition) is 3. The summed E-state index contributed by atoms with van der Waals surface area (Å²) in [5.41, 5.74) is 5.45. The summed E-state index contributed by atoms with van der Waals surface area (Å²) in [5, 5.41) is 21.8. The van der Waals surface area contributed by atoms with Crippen LogP contribution in [-0.4, -0.2) is 21.3 Å². The van der Waals surface area contributed by atoms with Gasteiger partial charge in [0.2, 0.25) is 0 Å². The SMILES string of the molecule is O=C(O)c1cc(-c2nc(-c3ccc(Br)s3)cs2)ccc1-c1ccccc1NO. The van der Waals surface area contributed by atoms with E-state index in [9.17, 15) is 15.1 Å². The fourth-order valence-corrected chi connectivity index (χ4v) is 5.11. The Kier molecular flexibility index (Phi) is 5.27. The Morgan fingerprint density at radius 3 is 2.61 bits per heavy atom. The molecule has 0 saturated carbocycles. The summed E-state index contributed by atoms with van der Waals surface area (Å²) in [5.74, 6) is -1.04. The molecule has 2 aromatic carbocycles. The van der Waals surface area contributed by atoms with Gasteiger partial charge in [-0.25, -0.2) is 9.78 Å². The van der Waals surface area contributed by atoms with Gasteiger partial charge in [0.25, 0.3) is 0 Å². The van der Waals surface area contributed by atoms with Crippen molar-refractivity contribution in [1.29, 1.82) is 0 Å². The van der Waals surface area contributed by atoms with Gasteiger partial charge < -0.3 is 5.11 Å². The zero-order chi connectivity index (χ0) is 19.7. The van der Waals surface area contributed by atoms with Crippen LogP contribution in [0.15, 0.2) is 63.8 Å². The minimum Gasteiger partial charge on any atom is -0.478 e. The van der Waals surface area contributed by atoms with Crippen molar-refractivity contribution >= 4 is 50.3 Å². The highest BCUT2D eigenvalue weighted by molar-refractivity contribution is 9.11. The molecule has 0 spiro atoms. The van der Waals surface area contributed by atoms with Crippen LogP contribution in [0.1, 0.15) is 10.4 Å². The summed E-state index contributed by atoms with van der Waals surface area (Å²) in [6.07, 6.45) is 0. The topological polar surface area (TPSA) is 82.5 Å². The van der Waals surface area contributed by atoms with Gasteiger partial charge >= 0.3 is 5.97 Å². The highest BCUT2D eigenvalue weighted by Crippen LogP contribution is 2.37. The molecule has 5 nitrogen and oxygen atoms in total. The number of thiazole rings is 1. The first-order valence-corrected chi connectivity index (χ1v) is 10.6. The molecule has 140 valence electrons. The molecule has 2 aromatic heterocycles. The van der Waals surface area contributed by atoms with Gasteiger partial charge in [-0.1, -0.05) is 30.3 Å². The molecule has 4 aromatic rings. The Hall–Kier alpha value is -2.52. The number of carbonyl (C=O) groups is 1. The second kappa shape index (κ2) is 7.84. The van der Waals surface area contributed by atoms with E-state index in [0.29, 0.717) is 16.8 Å². The molecule has 3 N–H and O–H groups in total. The van der Waals surface area contributed by atoms with Crippen LogP contribution >= 0.6 is 38.6 Å². The van der Waals surface area contributed by atoms with Gasteiger partial charge in [0, 0.05) is 16.5 Å². The number of carboxylic acid groups (broad SMARTS) is 1. The van der Waals surface area contributed by atoms with Crippen LogP contribution in [0.25, 0.3) is 32.3 Å². The Bertz CT molecular complexity index is 1170. The summed E-state index contributed by atoms with van der Waals surface area (Å²) < 4.78 is 1.03. The van der Waals surface area contributed by atoms with E-state index < -0.39 is 5.97 Å². The van der Waals surface area contributed by atoms with Gasteiger partial charge in [0.05, 0.1) is 25.6 Å². The number of hydrogen-bond acceptors (Lipinski definition) is 6. The van der Waals surface area contributed by atoms with E-state index >= 15 is 0 Å². The van der Waals surface area contributed by atoms with Gasteiger partial charge in [0.1, 0.15) is 5.01 Å². The van der Waals surface area contributed by atoms with Crippen molar-refractivity contribution in [2.75, 3.05) is 5.48 Å². The lowest BCUT2D eigenvalue weighted by Crippen LogP contribution is -2.02. The lowest BCUT2D eigenvalue weighted by Gasteiger charge is -2.12. The Labute approximate surface area is 177 Å². The van der Waals surface area contributed by atoms with Crippen LogP contribution in [-0.2, 0) is 0 Å². The average Bonchev–Trinajstić information content (AvgIpc) is 3.36. The molecule has 0 aliphatic rings. The van der Waals surface area contributed by atoms with Gasteiger partial charge in [-0.2, -0.15) is 0 Å². The highest BCUT2D eigenvalue weighted by atomic mass is 79.9. The minimum absolute atomic E-state index is 0.149. The molecule has 0 aliphatic heterocycles. The second-order valence-electron chi connectivity index (χ2n) is 5.86.